The Balaban J connectivity index is 2.35. The zero-order chi connectivity index (χ0) is 15.2. The standard InChI is InChI=1S/C15H16N4S2/c1-15(2,3)14-17-13-9(12(16)20)6-7-10(19(13)18-14)11-5-4-8-21-11/h4-8H,1-3H3,(H2,16,20). The van der Waals surface area contributed by atoms with Gasteiger partial charge in [0, 0.05) is 5.41 Å². The molecule has 2 N–H and O–H groups in total. The summed E-state index contributed by atoms with van der Waals surface area (Å²) in [6.07, 6.45) is 0. The van der Waals surface area contributed by atoms with Crippen LogP contribution in [0.4, 0.5) is 0 Å². The van der Waals surface area contributed by atoms with E-state index in [4.69, 9.17) is 18.0 Å². The van der Waals surface area contributed by atoms with E-state index in [9.17, 15) is 0 Å². The van der Waals surface area contributed by atoms with Crippen molar-refractivity contribution in [1.29, 1.82) is 0 Å². The van der Waals surface area contributed by atoms with Gasteiger partial charge in [-0.25, -0.2) is 9.50 Å². The number of hydrogen-bond acceptors (Lipinski definition) is 4. The zero-order valence-electron chi connectivity index (χ0n) is 12.1. The first kappa shape index (κ1) is 14.2. The lowest BCUT2D eigenvalue weighted by Crippen LogP contribution is -2.13. The van der Waals surface area contributed by atoms with E-state index >= 15 is 0 Å². The Morgan fingerprint density at radius 3 is 2.62 bits per heavy atom. The summed E-state index contributed by atoms with van der Waals surface area (Å²) in [6, 6.07) is 8.01. The van der Waals surface area contributed by atoms with Crippen LogP contribution in [-0.4, -0.2) is 19.6 Å². The van der Waals surface area contributed by atoms with Crippen molar-refractivity contribution in [1.82, 2.24) is 14.6 Å². The quantitative estimate of drug-likeness (QED) is 0.736. The fourth-order valence-corrected chi connectivity index (χ4v) is 2.98. The highest BCUT2D eigenvalue weighted by Gasteiger charge is 2.22. The van der Waals surface area contributed by atoms with Gasteiger partial charge in [-0.1, -0.05) is 39.1 Å². The van der Waals surface area contributed by atoms with Crippen LogP contribution in [0.1, 0.15) is 32.2 Å². The maximum absolute atomic E-state index is 5.82. The van der Waals surface area contributed by atoms with Crippen LogP contribution in [0.2, 0.25) is 0 Å². The van der Waals surface area contributed by atoms with Crippen molar-refractivity contribution in [3.63, 3.8) is 0 Å². The van der Waals surface area contributed by atoms with Crippen molar-refractivity contribution in [3.8, 4) is 10.6 Å². The third-order valence-corrected chi connectivity index (χ3v) is 4.31. The van der Waals surface area contributed by atoms with Crippen molar-refractivity contribution in [3.05, 3.63) is 41.0 Å². The monoisotopic (exact) mass is 316 g/mol. The average molecular weight is 316 g/mol. The summed E-state index contributed by atoms with van der Waals surface area (Å²) in [5, 5.41) is 6.73. The van der Waals surface area contributed by atoms with Gasteiger partial charge >= 0.3 is 0 Å². The SMILES string of the molecule is CC(C)(C)c1nc2c(C(N)=S)ccc(-c3cccs3)n2n1. The molecule has 0 aliphatic carbocycles. The van der Waals surface area contributed by atoms with Crippen molar-refractivity contribution in [2.75, 3.05) is 0 Å². The van der Waals surface area contributed by atoms with Gasteiger partial charge in [-0.15, -0.1) is 11.3 Å². The number of hydrogen-bond donors (Lipinski definition) is 1. The van der Waals surface area contributed by atoms with E-state index in [0.29, 0.717) is 4.99 Å². The van der Waals surface area contributed by atoms with Crippen molar-refractivity contribution >= 4 is 34.2 Å². The van der Waals surface area contributed by atoms with E-state index in [-0.39, 0.29) is 5.41 Å². The Kier molecular flexibility index (Phi) is 3.30. The third-order valence-electron chi connectivity index (χ3n) is 3.19. The summed E-state index contributed by atoms with van der Waals surface area (Å²) in [5.41, 5.74) is 8.17. The van der Waals surface area contributed by atoms with Crippen LogP contribution in [0.3, 0.4) is 0 Å². The van der Waals surface area contributed by atoms with Gasteiger partial charge in [0.1, 0.15) is 4.99 Å². The minimum Gasteiger partial charge on any atom is -0.389 e. The average Bonchev–Trinajstić information content (AvgIpc) is 3.05. The largest absolute Gasteiger partial charge is 0.389 e. The molecule has 0 spiro atoms. The fourth-order valence-electron chi connectivity index (χ4n) is 2.08. The van der Waals surface area contributed by atoms with Crippen LogP contribution < -0.4 is 5.73 Å². The van der Waals surface area contributed by atoms with E-state index in [1.807, 2.05) is 28.1 Å². The maximum atomic E-state index is 5.82. The van der Waals surface area contributed by atoms with Crippen LogP contribution in [0.15, 0.2) is 29.6 Å². The number of thiophene rings is 1. The number of aromatic nitrogens is 3. The number of nitrogens with zero attached hydrogens (tertiary/aromatic N) is 3. The smallest absolute Gasteiger partial charge is 0.166 e. The maximum Gasteiger partial charge on any atom is 0.166 e. The lowest BCUT2D eigenvalue weighted by molar-refractivity contribution is 0.545. The molecule has 0 saturated heterocycles. The predicted molar refractivity (Wildman–Crippen MR) is 90.9 cm³/mol. The molecule has 4 nitrogen and oxygen atoms in total. The molecule has 6 heteroatoms. The number of nitrogens with two attached hydrogens (primary N) is 1. The molecule has 0 fully saturated rings. The molecule has 3 aromatic heterocycles. The molecule has 0 atom stereocenters. The van der Waals surface area contributed by atoms with E-state index in [1.54, 1.807) is 11.3 Å². The molecule has 0 bridgehead atoms. The van der Waals surface area contributed by atoms with Crippen molar-refractivity contribution < 1.29 is 0 Å². The van der Waals surface area contributed by atoms with Gasteiger partial charge in [-0.05, 0) is 23.6 Å². The van der Waals surface area contributed by atoms with Crippen LogP contribution in [-0.2, 0) is 5.41 Å². The molecule has 0 aromatic carbocycles. The van der Waals surface area contributed by atoms with Crippen LogP contribution >= 0.6 is 23.6 Å². The molecule has 108 valence electrons. The van der Waals surface area contributed by atoms with Gasteiger partial charge in [0.25, 0.3) is 0 Å². The Morgan fingerprint density at radius 2 is 2.05 bits per heavy atom. The molecule has 0 radical (unpaired) electrons. The summed E-state index contributed by atoms with van der Waals surface area (Å²) < 4.78 is 1.85. The lowest BCUT2D eigenvalue weighted by atomic mass is 9.96. The summed E-state index contributed by atoms with van der Waals surface area (Å²) in [7, 11) is 0. The molecule has 0 saturated carbocycles. The van der Waals surface area contributed by atoms with Crippen LogP contribution in [0.5, 0.6) is 0 Å². The summed E-state index contributed by atoms with van der Waals surface area (Å²) in [6.45, 7) is 6.27. The van der Waals surface area contributed by atoms with E-state index in [0.717, 1.165) is 27.6 Å². The minimum atomic E-state index is -0.133. The molecule has 3 aromatic rings. The molecule has 0 aliphatic heterocycles. The fraction of sp³-hybridized carbons (Fsp3) is 0.267. The second-order valence-corrected chi connectivity index (χ2v) is 7.28. The normalized spacial score (nSPS) is 12.0. The van der Waals surface area contributed by atoms with Gasteiger partial charge in [-0.3, -0.25) is 0 Å². The molecular weight excluding hydrogens is 300 g/mol. The van der Waals surface area contributed by atoms with Gasteiger partial charge in [0.05, 0.1) is 16.1 Å². The van der Waals surface area contributed by atoms with E-state index in [2.05, 4.69) is 36.9 Å². The highest BCUT2D eigenvalue weighted by molar-refractivity contribution is 7.80. The van der Waals surface area contributed by atoms with E-state index < -0.39 is 0 Å². The number of rotatable bonds is 2. The predicted octanol–water partition coefficient (Wildman–Crippen LogP) is 3.39. The first-order chi connectivity index (χ1) is 9.88. The van der Waals surface area contributed by atoms with Crippen molar-refractivity contribution in [2.45, 2.75) is 26.2 Å². The Bertz CT molecular complexity index is 810. The van der Waals surface area contributed by atoms with Crippen LogP contribution in [0.25, 0.3) is 16.2 Å². The van der Waals surface area contributed by atoms with Crippen LogP contribution in [0, 0.1) is 0 Å². The first-order valence-corrected chi connectivity index (χ1v) is 7.90. The highest BCUT2D eigenvalue weighted by Crippen LogP contribution is 2.28. The second-order valence-electron chi connectivity index (χ2n) is 5.89. The molecule has 3 heterocycles. The lowest BCUT2D eigenvalue weighted by Gasteiger charge is -2.11. The Labute approximate surface area is 132 Å². The molecule has 21 heavy (non-hydrogen) atoms. The van der Waals surface area contributed by atoms with Gasteiger partial charge in [0.15, 0.2) is 11.5 Å². The number of fused-ring (bicyclic) bond motifs is 1. The summed E-state index contributed by atoms with van der Waals surface area (Å²) in [4.78, 5) is 6.14. The molecule has 0 amide bonds. The van der Waals surface area contributed by atoms with Crippen molar-refractivity contribution in [2.24, 2.45) is 5.73 Å². The minimum absolute atomic E-state index is 0.133. The number of pyridine rings is 1. The molecule has 3 rings (SSSR count). The van der Waals surface area contributed by atoms with Gasteiger partial charge in [-0.2, -0.15) is 5.10 Å². The number of thiocarbonyl (C=S) groups is 1. The second kappa shape index (κ2) is 4.89. The van der Waals surface area contributed by atoms with Gasteiger partial charge in [0.2, 0.25) is 0 Å². The Morgan fingerprint density at radius 1 is 1.29 bits per heavy atom. The van der Waals surface area contributed by atoms with E-state index in [1.165, 1.54) is 0 Å². The summed E-state index contributed by atoms with van der Waals surface area (Å²) >= 11 is 6.80. The highest BCUT2D eigenvalue weighted by atomic mass is 32.1. The zero-order valence-corrected chi connectivity index (χ0v) is 13.8. The first-order valence-electron chi connectivity index (χ1n) is 6.62. The van der Waals surface area contributed by atoms with Gasteiger partial charge < -0.3 is 5.73 Å². The molecule has 0 aliphatic rings. The third kappa shape index (κ3) is 2.45. The molecular formula is C15H16N4S2. The molecule has 0 unspecified atom stereocenters. The topological polar surface area (TPSA) is 56.2 Å². The summed E-state index contributed by atoms with van der Waals surface area (Å²) in [5.74, 6) is 0.781. The Hall–Kier alpha value is -1.79.